The van der Waals surface area contributed by atoms with Gasteiger partial charge in [0, 0.05) is 34.6 Å². The summed E-state index contributed by atoms with van der Waals surface area (Å²) in [4.78, 5) is 29.9. The third-order valence-corrected chi connectivity index (χ3v) is 10.5. The van der Waals surface area contributed by atoms with Crippen LogP contribution in [0.25, 0.3) is 0 Å². The quantitative estimate of drug-likeness (QED) is 0.155. The second-order valence-electron chi connectivity index (χ2n) is 11.0. The van der Waals surface area contributed by atoms with Crippen LogP contribution in [0.1, 0.15) is 37.0 Å². The van der Waals surface area contributed by atoms with Crippen LogP contribution in [0.4, 0.5) is 5.69 Å². The summed E-state index contributed by atoms with van der Waals surface area (Å²) < 4.78 is 29.3. The van der Waals surface area contributed by atoms with E-state index in [9.17, 15) is 18.0 Å². The van der Waals surface area contributed by atoms with Gasteiger partial charge in [0.25, 0.3) is 10.0 Å². The van der Waals surface area contributed by atoms with Crippen molar-refractivity contribution in [3.63, 3.8) is 0 Å². The maximum atomic E-state index is 14.6. The van der Waals surface area contributed by atoms with Gasteiger partial charge in [0.05, 0.1) is 15.6 Å². The zero-order chi connectivity index (χ0) is 33.4. The number of sulfonamides is 1. The van der Waals surface area contributed by atoms with Gasteiger partial charge in [0.1, 0.15) is 12.6 Å². The molecule has 0 saturated carbocycles. The summed E-state index contributed by atoms with van der Waals surface area (Å²) in [7, 11) is -4.29. The fraction of sp³-hybridized carbons (Fsp3) is 0.257. The Labute approximate surface area is 286 Å². The first-order valence-corrected chi connectivity index (χ1v) is 17.4. The molecular formula is C35H36Cl3N3O4S. The van der Waals surface area contributed by atoms with E-state index >= 15 is 0 Å². The third-order valence-electron chi connectivity index (χ3n) is 7.67. The molecule has 0 fully saturated rings. The summed E-state index contributed by atoms with van der Waals surface area (Å²) in [5, 5.41) is 3.76. The minimum Gasteiger partial charge on any atom is -0.352 e. The van der Waals surface area contributed by atoms with Gasteiger partial charge in [0.15, 0.2) is 0 Å². The average molecular weight is 701 g/mol. The summed E-state index contributed by atoms with van der Waals surface area (Å²) in [5.41, 5.74) is 2.24. The van der Waals surface area contributed by atoms with Gasteiger partial charge in [-0.2, -0.15) is 0 Å². The molecule has 46 heavy (non-hydrogen) atoms. The van der Waals surface area contributed by atoms with Crippen molar-refractivity contribution in [1.82, 2.24) is 10.2 Å². The molecule has 0 radical (unpaired) electrons. The van der Waals surface area contributed by atoms with E-state index in [1.54, 1.807) is 48.5 Å². The van der Waals surface area contributed by atoms with Crippen LogP contribution in [0, 0.1) is 6.92 Å². The Bertz CT molecular complexity index is 1750. The zero-order valence-corrected chi connectivity index (χ0v) is 28.9. The average Bonchev–Trinajstić information content (AvgIpc) is 3.03. The highest BCUT2D eigenvalue weighted by molar-refractivity contribution is 7.92. The first-order chi connectivity index (χ1) is 21.9. The maximum Gasteiger partial charge on any atom is 0.264 e. The number of benzene rings is 4. The molecule has 242 valence electrons. The van der Waals surface area contributed by atoms with Crippen molar-refractivity contribution in [2.45, 2.75) is 57.1 Å². The molecular weight excluding hydrogens is 665 g/mol. The molecule has 0 aliphatic carbocycles. The Hall–Kier alpha value is -3.56. The van der Waals surface area contributed by atoms with E-state index in [1.807, 2.05) is 51.1 Å². The standard InChI is InChI=1S/C35H36Cl3N3O4S/c1-4-25(3)39-35(43)33(21-26-11-6-5-7-12-26)40(22-28-29(36)14-10-15-30(28)37)34(42)23-41(32-16-9-8-13-31(32)38)46(44,45)27-19-17-24(2)18-20-27/h5-20,25,33H,4,21-23H2,1-3H3,(H,39,43)/t25-,33-/m1/s1. The van der Waals surface area contributed by atoms with E-state index in [1.165, 1.54) is 23.1 Å². The van der Waals surface area contributed by atoms with E-state index in [0.717, 1.165) is 15.4 Å². The second-order valence-corrected chi connectivity index (χ2v) is 14.1. The normalized spacial score (nSPS) is 12.7. The van der Waals surface area contributed by atoms with Crippen LogP contribution in [-0.2, 0) is 32.6 Å². The largest absolute Gasteiger partial charge is 0.352 e. The zero-order valence-electron chi connectivity index (χ0n) is 25.8. The Balaban J connectivity index is 1.85. The Morgan fingerprint density at radius 3 is 2.00 bits per heavy atom. The molecule has 0 bridgehead atoms. The van der Waals surface area contributed by atoms with Gasteiger partial charge in [-0.3, -0.25) is 13.9 Å². The van der Waals surface area contributed by atoms with Crippen LogP contribution < -0.4 is 9.62 Å². The van der Waals surface area contributed by atoms with E-state index < -0.39 is 28.5 Å². The number of rotatable bonds is 13. The SMILES string of the molecule is CC[C@@H](C)NC(=O)[C@@H](Cc1ccccc1)N(Cc1c(Cl)cccc1Cl)C(=O)CN(c1ccccc1Cl)S(=O)(=O)c1ccc(C)cc1. The van der Waals surface area contributed by atoms with Crippen molar-refractivity contribution < 1.29 is 18.0 Å². The molecule has 0 unspecified atom stereocenters. The number of aryl methyl sites for hydroxylation is 1. The number of nitrogens with one attached hydrogen (secondary N) is 1. The molecule has 0 heterocycles. The van der Waals surface area contributed by atoms with Crippen molar-refractivity contribution >= 4 is 62.3 Å². The molecule has 4 aromatic carbocycles. The van der Waals surface area contributed by atoms with Gasteiger partial charge in [-0.15, -0.1) is 0 Å². The van der Waals surface area contributed by atoms with Gasteiger partial charge in [-0.1, -0.05) is 108 Å². The molecule has 4 aromatic rings. The Kier molecular flexibility index (Phi) is 12.1. The first-order valence-electron chi connectivity index (χ1n) is 14.8. The van der Waals surface area contributed by atoms with Crippen molar-refractivity contribution in [2.75, 3.05) is 10.8 Å². The van der Waals surface area contributed by atoms with Crippen LogP contribution in [0.5, 0.6) is 0 Å². The summed E-state index contributed by atoms with van der Waals surface area (Å²) in [6, 6.07) is 25.8. The minimum absolute atomic E-state index is 0.0122. The lowest BCUT2D eigenvalue weighted by Gasteiger charge is -2.34. The highest BCUT2D eigenvalue weighted by Gasteiger charge is 2.36. The van der Waals surface area contributed by atoms with Crippen LogP contribution in [-0.4, -0.2) is 43.8 Å². The number of para-hydroxylation sites is 1. The van der Waals surface area contributed by atoms with Gasteiger partial charge in [-0.25, -0.2) is 8.42 Å². The molecule has 0 aromatic heterocycles. The van der Waals surface area contributed by atoms with E-state index in [4.69, 9.17) is 34.8 Å². The minimum atomic E-state index is -4.29. The van der Waals surface area contributed by atoms with Crippen molar-refractivity contribution in [3.8, 4) is 0 Å². The van der Waals surface area contributed by atoms with Crippen molar-refractivity contribution in [1.29, 1.82) is 0 Å². The number of hydrogen-bond donors (Lipinski definition) is 1. The number of nitrogens with zero attached hydrogens (tertiary/aromatic N) is 2. The first kappa shape index (κ1) is 35.3. The molecule has 0 spiro atoms. The fourth-order valence-corrected chi connectivity index (χ4v) is 7.09. The number of amides is 2. The third kappa shape index (κ3) is 8.62. The molecule has 2 atom stereocenters. The Morgan fingerprint density at radius 2 is 1.39 bits per heavy atom. The van der Waals surface area contributed by atoms with Crippen LogP contribution in [0.15, 0.2) is 102 Å². The topological polar surface area (TPSA) is 86.8 Å². The molecule has 7 nitrogen and oxygen atoms in total. The summed E-state index contributed by atoms with van der Waals surface area (Å²) in [5.74, 6) is -1.03. The van der Waals surface area contributed by atoms with Crippen molar-refractivity contribution in [2.24, 2.45) is 0 Å². The summed E-state index contributed by atoms with van der Waals surface area (Å²) in [6.07, 6.45) is 0.830. The predicted octanol–water partition coefficient (Wildman–Crippen LogP) is 7.71. The van der Waals surface area contributed by atoms with E-state index in [-0.39, 0.29) is 40.5 Å². The maximum absolute atomic E-state index is 14.6. The van der Waals surface area contributed by atoms with Gasteiger partial charge < -0.3 is 10.2 Å². The molecule has 11 heteroatoms. The molecule has 0 aliphatic heterocycles. The molecule has 2 amide bonds. The second kappa shape index (κ2) is 15.8. The number of hydrogen-bond acceptors (Lipinski definition) is 4. The van der Waals surface area contributed by atoms with E-state index in [0.29, 0.717) is 22.0 Å². The highest BCUT2D eigenvalue weighted by Crippen LogP contribution is 2.32. The molecule has 0 saturated heterocycles. The number of halogens is 3. The lowest BCUT2D eigenvalue weighted by molar-refractivity contribution is -0.140. The van der Waals surface area contributed by atoms with Gasteiger partial charge in [0.2, 0.25) is 11.8 Å². The number of carbonyl (C=O) groups is 2. The van der Waals surface area contributed by atoms with E-state index in [2.05, 4.69) is 5.32 Å². The lowest BCUT2D eigenvalue weighted by Crippen LogP contribution is -2.54. The lowest BCUT2D eigenvalue weighted by atomic mass is 10.0. The number of carbonyl (C=O) groups excluding carboxylic acids is 2. The summed E-state index contributed by atoms with van der Waals surface area (Å²) >= 11 is 19.7. The molecule has 0 aliphatic rings. The van der Waals surface area contributed by atoms with Crippen molar-refractivity contribution in [3.05, 3.63) is 129 Å². The van der Waals surface area contributed by atoms with Crippen LogP contribution in [0.3, 0.4) is 0 Å². The fourth-order valence-electron chi connectivity index (χ4n) is 4.85. The smallest absolute Gasteiger partial charge is 0.264 e. The Morgan fingerprint density at radius 1 is 0.804 bits per heavy atom. The van der Waals surface area contributed by atoms with Gasteiger partial charge in [-0.05, 0) is 62.2 Å². The number of anilines is 1. The monoisotopic (exact) mass is 699 g/mol. The molecule has 1 N–H and O–H groups in total. The van der Waals surface area contributed by atoms with Crippen LogP contribution >= 0.6 is 34.8 Å². The summed E-state index contributed by atoms with van der Waals surface area (Å²) in [6.45, 7) is 4.87. The van der Waals surface area contributed by atoms with Crippen LogP contribution in [0.2, 0.25) is 15.1 Å². The highest BCUT2D eigenvalue weighted by atomic mass is 35.5. The van der Waals surface area contributed by atoms with Gasteiger partial charge >= 0.3 is 0 Å². The molecule has 4 rings (SSSR count). The predicted molar refractivity (Wildman–Crippen MR) is 186 cm³/mol.